The lowest BCUT2D eigenvalue weighted by Gasteiger charge is -2.32. The highest BCUT2D eigenvalue weighted by Gasteiger charge is 2.25. The lowest BCUT2D eigenvalue weighted by Crippen LogP contribution is -2.40. The number of ether oxygens (including phenoxy) is 1. The zero-order valence-corrected chi connectivity index (χ0v) is 18.1. The number of carbonyl (C=O) groups is 2. The van der Waals surface area contributed by atoms with Gasteiger partial charge in [-0.3, -0.25) is 10.1 Å². The van der Waals surface area contributed by atoms with E-state index in [9.17, 15) is 14.0 Å². The number of amides is 3. The van der Waals surface area contributed by atoms with Crippen LogP contribution in [0.25, 0.3) is 0 Å². The fourth-order valence-electron chi connectivity index (χ4n) is 3.84. The summed E-state index contributed by atoms with van der Waals surface area (Å²) < 4.78 is 20.7. The Kier molecular flexibility index (Phi) is 7.19. The lowest BCUT2D eigenvalue weighted by atomic mass is 10.0. The number of hydrogen-bond donors (Lipinski definition) is 2. The molecule has 3 aromatic rings. The summed E-state index contributed by atoms with van der Waals surface area (Å²) in [5.41, 5.74) is 0.363. The summed E-state index contributed by atoms with van der Waals surface area (Å²) in [5.74, 6) is 0.942. The minimum Gasteiger partial charge on any atom is -0.493 e. The molecule has 1 aliphatic rings. The predicted octanol–water partition coefficient (Wildman–Crippen LogP) is 4.30. The Morgan fingerprint density at radius 2 is 1.82 bits per heavy atom. The first kappa shape index (κ1) is 22.3. The number of piperidine rings is 1. The highest BCUT2D eigenvalue weighted by molar-refractivity contribution is 5.99. The molecule has 4 rings (SSSR count). The fraction of sp³-hybridized carbons (Fsp3) is 0.292. The molecule has 33 heavy (non-hydrogen) atoms. The SMILES string of the molecule is O=C(Nc1cccc(F)c1)Nc1ccnn1C1CCN(C(=O)CCOc2ccccc2)CC1. The van der Waals surface area contributed by atoms with E-state index in [2.05, 4.69) is 15.7 Å². The third-order valence-corrected chi connectivity index (χ3v) is 5.49. The summed E-state index contributed by atoms with van der Waals surface area (Å²) in [7, 11) is 0. The summed E-state index contributed by atoms with van der Waals surface area (Å²) in [6, 6.07) is 16.4. The van der Waals surface area contributed by atoms with Crippen molar-refractivity contribution in [2.75, 3.05) is 30.3 Å². The molecule has 0 unspecified atom stereocenters. The van der Waals surface area contributed by atoms with Gasteiger partial charge in [0.15, 0.2) is 0 Å². The molecule has 1 saturated heterocycles. The number of hydrogen-bond acceptors (Lipinski definition) is 4. The molecule has 0 spiro atoms. The zero-order chi connectivity index (χ0) is 23.0. The Morgan fingerprint density at radius 1 is 1.03 bits per heavy atom. The molecule has 0 bridgehead atoms. The highest BCUT2D eigenvalue weighted by atomic mass is 19.1. The first-order chi connectivity index (χ1) is 16.1. The van der Waals surface area contributed by atoms with Crippen molar-refractivity contribution in [1.82, 2.24) is 14.7 Å². The van der Waals surface area contributed by atoms with Crippen molar-refractivity contribution >= 4 is 23.4 Å². The van der Waals surface area contributed by atoms with E-state index < -0.39 is 11.8 Å². The molecule has 1 aromatic heterocycles. The zero-order valence-electron chi connectivity index (χ0n) is 18.1. The highest BCUT2D eigenvalue weighted by Crippen LogP contribution is 2.26. The summed E-state index contributed by atoms with van der Waals surface area (Å²) >= 11 is 0. The first-order valence-electron chi connectivity index (χ1n) is 10.9. The molecule has 9 heteroatoms. The number of urea groups is 1. The predicted molar refractivity (Wildman–Crippen MR) is 123 cm³/mol. The van der Waals surface area contributed by atoms with Crippen molar-refractivity contribution in [2.45, 2.75) is 25.3 Å². The lowest BCUT2D eigenvalue weighted by molar-refractivity contribution is -0.133. The van der Waals surface area contributed by atoms with Crippen LogP contribution in [0.3, 0.4) is 0 Å². The van der Waals surface area contributed by atoms with Crippen LogP contribution in [0.4, 0.5) is 20.7 Å². The number of rotatable bonds is 7. The van der Waals surface area contributed by atoms with E-state index in [1.807, 2.05) is 35.2 Å². The van der Waals surface area contributed by atoms with Gasteiger partial charge in [0.1, 0.15) is 17.4 Å². The van der Waals surface area contributed by atoms with Gasteiger partial charge in [0.2, 0.25) is 5.91 Å². The molecule has 2 N–H and O–H groups in total. The van der Waals surface area contributed by atoms with Crippen LogP contribution in [-0.4, -0.2) is 46.3 Å². The molecule has 1 aliphatic heterocycles. The normalized spacial score (nSPS) is 14.0. The van der Waals surface area contributed by atoms with Crippen LogP contribution < -0.4 is 15.4 Å². The summed E-state index contributed by atoms with van der Waals surface area (Å²) in [5, 5.41) is 9.73. The second-order valence-electron chi connectivity index (χ2n) is 7.77. The van der Waals surface area contributed by atoms with E-state index >= 15 is 0 Å². The Bertz CT molecular complexity index is 1080. The molecule has 1 fully saturated rings. The van der Waals surface area contributed by atoms with Crippen LogP contribution >= 0.6 is 0 Å². The third-order valence-electron chi connectivity index (χ3n) is 5.49. The maximum Gasteiger partial charge on any atom is 0.324 e. The van der Waals surface area contributed by atoms with Gasteiger partial charge in [0.25, 0.3) is 0 Å². The van der Waals surface area contributed by atoms with Gasteiger partial charge in [-0.15, -0.1) is 0 Å². The average Bonchev–Trinajstić information content (AvgIpc) is 3.27. The van der Waals surface area contributed by atoms with Gasteiger partial charge in [0.05, 0.1) is 25.3 Å². The molecule has 8 nitrogen and oxygen atoms in total. The van der Waals surface area contributed by atoms with Crippen LogP contribution in [0.1, 0.15) is 25.3 Å². The van der Waals surface area contributed by atoms with Crippen molar-refractivity contribution in [3.8, 4) is 5.75 Å². The number of anilines is 2. The minimum absolute atomic E-state index is 0.0640. The summed E-state index contributed by atoms with van der Waals surface area (Å²) in [6.45, 7) is 1.57. The van der Waals surface area contributed by atoms with Gasteiger partial charge in [-0.1, -0.05) is 24.3 Å². The molecule has 172 valence electrons. The van der Waals surface area contributed by atoms with E-state index in [0.717, 1.165) is 18.6 Å². The monoisotopic (exact) mass is 451 g/mol. The summed E-state index contributed by atoms with van der Waals surface area (Å²) in [6.07, 6.45) is 3.41. The van der Waals surface area contributed by atoms with E-state index in [1.165, 1.54) is 18.2 Å². The first-order valence-corrected chi connectivity index (χ1v) is 10.9. The van der Waals surface area contributed by atoms with E-state index in [0.29, 0.717) is 37.6 Å². The number of nitrogens with zero attached hydrogens (tertiary/aromatic N) is 3. The number of halogens is 1. The van der Waals surface area contributed by atoms with Crippen LogP contribution in [0.5, 0.6) is 5.75 Å². The fourth-order valence-corrected chi connectivity index (χ4v) is 3.84. The van der Waals surface area contributed by atoms with E-state index in [4.69, 9.17) is 4.74 Å². The summed E-state index contributed by atoms with van der Waals surface area (Å²) in [4.78, 5) is 26.7. The Labute approximate surface area is 191 Å². The van der Waals surface area contributed by atoms with Crippen molar-refractivity contribution in [2.24, 2.45) is 0 Å². The van der Waals surface area contributed by atoms with Gasteiger partial charge in [-0.05, 0) is 43.2 Å². The molecule has 0 atom stereocenters. The van der Waals surface area contributed by atoms with E-state index in [-0.39, 0.29) is 11.9 Å². The Balaban J connectivity index is 1.25. The average molecular weight is 452 g/mol. The van der Waals surface area contributed by atoms with Crippen LogP contribution in [0, 0.1) is 5.82 Å². The second kappa shape index (κ2) is 10.6. The molecule has 2 heterocycles. The van der Waals surface area contributed by atoms with Crippen molar-refractivity contribution in [3.05, 3.63) is 72.7 Å². The number of likely N-dealkylation sites (tertiary alicyclic amines) is 1. The third kappa shape index (κ3) is 6.09. The van der Waals surface area contributed by atoms with Gasteiger partial charge in [0, 0.05) is 24.8 Å². The van der Waals surface area contributed by atoms with Gasteiger partial charge in [-0.25, -0.2) is 13.9 Å². The topological polar surface area (TPSA) is 88.5 Å². The molecule has 2 aromatic carbocycles. The Hall–Kier alpha value is -3.88. The van der Waals surface area contributed by atoms with Crippen molar-refractivity contribution in [3.63, 3.8) is 0 Å². The number of para-hydroxylation sites is 1. The van der Waals surface area contributed by atoms with Crippen molar-refractivity contribution in [1.29, 1.82) is 0 Å². The smallest absolute Gasteiger partial charge is 0.324 e. The maximum atomic E-state index is 13.3. The molecular weight excluding hydrogens is 425 g/mol. The second-order valence-corrected chi connectivity index (χ2v) is 7.77. The largest absolute Gasteiger partial charge is 0.493 e. The maximum absolute atomic E-state index is 13.3. The number of carbonyl (C=O) groups excluding carboxylic acids is 2. The van der Waals surface area contributed by atoms with Crippen molar-refractivity contribution < 1.29 is 18.7 Å². The number of aromatic nitrogens is 2. The van der Waals surface area contributed by atoms with Gasteiger partial charge < -0.3 is 15.0 Å². The quantitative estimate of drug-likeness (QED) is 0.561. The van der Waals surface area contributed by atoms with Gasteiger partial charge >= 0.3 is 6.03 Å². The van der Waals surface area contributed by atoms with Crippen LogP contribution in [0.2, 0.25) is 0 Å². The number of nitrogens with one attached hydrogen (secondary N) is 2. The minimum atomic E-state index is -0.478. The molecule has 3 amide bonds. The van der Waals surface area contributed by atoms with Gasteiger partial charge in [-0.2, -0.15) is 5.10 Å². The van der Waals surface area contributed by atoms with Crippen LogP contribution in [0.15, 0.2) is 66.9 Å². The molecule has 0 radical (unpaired) electrons. The standard InChI is InChI=1S/C24H26FN5O3/c25-18-5-4-6-19(17-18)27-24(32)28-22-9-13-26-30(22)20-10-14-29(15-11-20)23(31)12-16-33-21-7-2-1-3-8-21/h1-9,13,17,20H,10-12,14-16H2,(H2,27,28,32). The van der Waals surface area contributed by atoms with E-state index in [1.54, 1.807) is 23.0 Å². The molecule has 0 aliphatic carbocycles. The number of benzene rings is 2. The molecular formula is C24H26FN5O3. The van der Waals surface area contributed by atoms with Crippen LogP contribution in [-0.2, 0) is 4.79 Å². The molecule has 0 saturated carbocycles. The Morgan fingerprint density at radius 3 is 2.58 bits per heavy atom.